The molecule has 1 atom stereocenters. The Morgan fingerprint density at radius 3 is 2.43 bits per heavy atom. The second-order valence-electron chi connectivity index (χ2n) is 7.77. The molecule has 0 spiro atoms. The molecule has 30 heavy (non-hydrogen) atoms. The number of fused-ring (bicyclic) bond motifs is 1. The van der Waals surface area contributed by atoms with Crippen molar-refractivity contribution in [2.75, 3.05) is 0 Å². The highest BCUT2D eigenvalue weighted by atomic mass is 19.2. The number of rotatable bonds is 8. The molecule has 0 fully saturated rings. The van der Waals surface area contributed by atoms with E-state index in [2.05, 4.69) is 11.1 Å². The Morgan fingerprint density at radius 2 is 1.83 bits per heavy atom. The van der Waals surface area contributed by atoms with Crippen LogP contribution in [0.2, 0.25) is 0 Å². The molecule has 0 N–H and O–H groups in total. The zero-order valence-electron chi connectivity index (χ0n) is 17.5. The summed E-state index contributed by atoms with van der Waals surface area (Å²) in [5.41, 5.74) is 1.82. The van der Waals surface area contributed by atoms with E-state index in [1.54, 1.807) is 0 Å². The van der Waals surface area contributed by atoms with Crippen LogP contribution in [0.1, 0.15) is 57.1 Å². The largest absolute Gasteiger partial charge is 0.321 e. The molecule has 3 rings (SSSR count). The van der Waals surface area contributed by atoms with Gasteiger partial charge >= 0.3 is 0 Å². The molecule has 0 saturated heterocycles. The maximum absolute atomic E-state index is 14.1. The molecule has 0 amide bonds. The number of halogens is 2. The molecule has 156 valence electrons. The number of aromatic nitrogens is 2. The number of hydrogen-bond acceptors (Lipinski definition) is 3. The van der Waals surface area contributed by atoms with E-state index in [4.69, 9.17) is 0 Å². The minimum absolute atomic E-state index is 0.00679. The van der Waals surface area contributed by atoms with Crippen molar-refractivity contribution in [3.63, 3.8) is 0 Å². The summed E-state index contributed by atoms with van der Waals surface area (Å²) in [6.07, 6.45) is 3.11. The molecule has 0 aliphatic rings. The van der Waals surface area contributed by atoms with Gasteiger partial charge in [0.25, 0.3) is 0 Å². The molecule has 0 bridgehead atoms. The smallest absolute Gasteiger partial charge is 0.184 e. The Morgan fingerprint density at radius 1 is 1.17 bits per heavy atom. The molecule has 1 unspecified atom stereocenters. The van der Waals surface area contributed by atoms with E-state index in [0.717, 1.165) is 30.0 Å². The van der Waals surface area contributed by atoms with Gasteiger partial charge in [-0.25, -0.2) is 13.8 Å². The summed E-state index contributed by atoms with van der Waals surface area (Å²) in [6.45, 7) is 5.91. The van der Waals surface area contributed by atoms with Gasteiger partial charge in [0.2, 0.25) is 0 Å². The number of imidazole rings is 1. The summed E-state index contributed by atoms with van der Waals surface area (Å²) in [7, 11) is 0. The molecule has 1 aromatic heterocycles. The van der Waals surface area contributed by atoms with Gasteiger partial charge in [0.05, 0.1) is 29.9 Å². The van der Waals surface area contributed by atoms with Gasteiger partial charge in [-0.1, -0.05) is 45.0 Å². The fourth-order valence-corrected chi connectivity index (χ4v) is 3.94. The van der Waals surface area contributed by atoms with E-state index in [1.807, 2.05) is 45.0 Å². The summed E-state index contributed by atoms with van der Waals surface area (Å²) in [4.78, 5) is 16.6. The number of nitrogens with zero attached hydrogens (tertiary/aromatic N) is 3. The number of nitriles is 1. The second kappa shape index (κ2) is 8.74. The summed E-state index contributed by atoms with van der Waals surface area (Å²) < 4.78 is 29.0. The van der Waals surface area contributed by atoms with Crippen LogP contribution in [0.5, 0.6) is 0 Å². The van der Waals surface area contributed by atoms with E-state index in [1.165, 1.54) is 17.0 Å². The number of benzene rings is 2. The average Bonchev–Trinajstić information content (AvgIpc) is 3.16. The quantitative estimate of drug-likeness (QED) is 0.482. The van der Waals surface area contributed by atoms with Gasteiger partial charge in [-0.3, -0.25) is 4.79 Å². The highest BCUT2D eigenvalue weighted by Crippen LogP contribution is 2.32. The van der Waals surface area contributed by atoms with Crippen LogP contribution in [0, 0.1) is 23.0 Å². The Hall–Kier alpha value is -3.07. The van der Waals surface area contributed by atoms with Crippen LogP contribution in [0.4, 0.5) is 8.78 Å². The zero-order chi connectivity index (χ0) is 21.9. The molecular formula is C24H25F2N3O. The van der Waals surface area contributed by atoms with Gasteiger partial charge in [-0.05, 0) is 42.0 Å². The van der Waals surface area contributed by atoms with E-state index in [0.29, 0.717) is 5.52 Å². The third kappa shape index (κ3) is 3.97. The number of ketones is 1. The van der Waals surface area contributed by atoms with Crippen molar-refractivity contribution in [1.82, 2.24) is 9.55 Å². The molecule has 1 heterocycles. The fraction of sp³-hybridized carbons (Fsp3) is 0.375. The van der Waals surface area contributed by atoms with Crippen molar-refractivity contribution in [2.24, 2.45) is 0 Å². The lowest BCUT2D eigenvalue weighted by Crippen LogP contribution is -2.21. The summed E-state index contributed by atoms with van der Waals surface area (Å²) in [6, 6.07) is 12.7. The molecule has 6 heteroatoms. The maximum atomic E-state index is 14.1. The van der Waals surface area contributed by atoms with Crippen LogP contribution >= 0.6 is 0 Å². The van der Waals surface area contributed by atoms with Crippen molar-refractivity contribution in [2.45, 2.75) is 57.9 Å². The highest BCUT2D eigenvalue weighted by molar-refractivity contribution is 5.82. The molecule has 0 aliphatic carbocycles. The van der Waals surface area contributed by atoms with Crippen molar-refractivity contribution < 1.29 is 13.6 Å². The van der Waals surface area contributed by atoms with Gasteiger partial charge < -0.3 is 4.57 Å². The van der Waals surface area contributed by atoms with Crippen LogP contribution in [-0.4, -0.2) is 15.3 Å². The summed E-state index contributed by atoms with van der Waals surface area (Å²) in [5, 5.41) is 9.61. The first-order valence-corrected chi connectivity index (χ1v) is 10.2. The average molecular weight is 409 g/mol. The predicted molar refractivity (Wildman–Crippen MR) is 112 cm³/mol. The van der Waals surface area contributed by atoms with E-state index in [-0.39, 0.29) is 30.2 Å². The summed E-state index contributed by atoms with van der Waals surface area (Å²) in [5.74, 6) is -2.09. The topological polar surface area (TPSA) is 58.7 Å². The van der Waals surface area contributed by atoms with Crippen molar-refractivity contribution >= 4 is 16.8 Å². The Kier molecular flexibility index (Phi) is 6.31. The number of hydrogen-bond donors (Lipinski definition) is 0. The molecule has 4 nitrogen and oxygen atoms in total. The van der Waals surface area contributed by atoms with Gasteiger partial charge in [0.15, 0.2) is 17.4 Å². The van der Waals surface area contributed by atoms with Crippen LogP contribution in [0.25, 0.3) is 11.0 Å². The minimum atomic E-state index is -0.991. The Labute approximate surface area is 175 Å². The van der Waals surface area contributed by atoms with Gasteiger partial charge in [0, 0.05) is 6.42 Å². The van der Waals surface area contributed by atoms with Crippen molar-refractivity contribution in [1.29, 1.82) is 5.26 Å². The minimum Gasteiger partial charge on any atom is -0.321 e. The summed E-state index contributed by atoms with van der Waals surface area (Å²) >= 11 is 0. The van der Waals surface area contributed by atoms with Gasteiger partial charge in [-0.15, -0.1) is 0 Å². The first kappa shape index (κ1) is 21.6. The van der Waals surface area contributed by atoms with Crippen molar-refractivity contribution in [3.8, 4) is 6.07 Å². The van der Waals surface area contributed by atoms with Gasteiger partial charge in [0.1, 0.15) is 5.52 Å². The molecule has 0 saturated carbocycles. The first-order valence-electron chi connectivity index (χ1n) is 10.2. The highest BCUT2D eigenvalue weighted by Gasteiger charge is 2.28. The van der Waals surface area contributed by atoms with Gasteiger partial charge in [-0.2, -0.15) is 5.26 Å². The lowest BCUT2D eigenvalue weighted by atomic mass is 9.77. The third-order valence-electron chi connectivity index (χ3n) is 6.01. The maximum Gasteiger partial charge on any atom is 0.184 e. The lowest BCUT2D eigenvalue weighted by molar-refractivity contribution is -0.119. The monoisotopic (exact) mass is 409 g/mol. The Balaban J connectivity index is 1.72. The number of carbonyl (C=O) groups excluding carboxylic acids is 1. The number of carbonyl (C=O) groups is 1. The molecular weight excluding hydrogens is 384 g/mol. The molecule has 2 aromatic carbocycles. The lowest BCUT2D eigenvalue weighted by Gasteiger charge is -2.24. The third-order valence-corrected chi connectivity index (χ3v) is 6.01. The molecule has 0 aliphatic heterocycles. The SMILES string of the molecule is CCC(C#N)(CC)c1ccc(C(C)CC(=O)Cn2cnc3ccc(F)c(F)c32)cc1. The van der Waals surface area contributed by atoms with E-state index >= 15 is 0 Å². The first-order chi connectivity index (χ1) is 14.3. The van der Waals surface area contributed by atoms with Crippen LogP contribution in [0.15, 0.2) is 42.7 Å². The van der Waals surface area contributed by atoms with Crippen LogP contribution < -0.4 is 0 Å². The van der Waals surface area contributed by atoms with E-state index in [9.17, 15) is 18.8 Å². The zero-order valence-corrected chi connectivity index (χ0v) is 17.5. The standard InChI is InChI=1S/C24H25F2N3O/c1-4-24(5-2,14-27)18-8-6-17(7-9-18)16(3)12-19(30)13-29-15-28-21-11-10-20(25)22(26)23(21)29/h6-11,15-16H,4-5,12-13H2,1-3H3. The van der Waals surface area contributed by atoms with E-state index < -0.39 is 17.0 Å². The molecule has 0 radical (unpaired) electrons. The van der Waals surface area contributed by atoms with Crippen LogP contribution in [0.3, 0.4) is 0 Å². The molecule has 3 aromatic rings. The normalized spacial score (nSPS) is 12.7. The Bertz CT molecular complexity index is 1090. The van der Waals surface area contributed by atoms with Crippen molar-refractivity contribution in [3.05, 3.63) is 65.5 Å². The number of Topliss-reactive ketones (excluding diaryl/α,β-unsaturated/α-hetero) is 1. The van der Waals surface area contributed by atoms with Crippen LogP contribution in [-0.2, 0) is 16.8 Å². The second-order valence-corrected chi connectivity index (χ2v) is 7.77. The fourth-order valence-electron chi connectivity index (χ4n) is 3.94. The predicted octanol–water partition coefficient (Wildman–Crippen LogP) is 5.66.